The third-order valence-corrected chi connectivity index (χ3v) is 4.31. The van der Waals surface area contributed by atoms with Crippen LogP contribution in [0.15, 0.2) is 48.4 Å². The second-order valence-electron chi connectivity index (χ2n) is 5.30. The predicted octanol–water partition coefficient (Wildman–Crippen LogP) is 3.66. The number of non-ortho nitro benzene ring substituents is 1. The van der Waals surface area contributed by atoms with Gasteiger partial charge < -0.3 is 9.64 Å². The molecule has 0 radical (unpaired) electrons. The van der Waals surface area contributed by atoms with Crippen molar-refractivity contribution in [1.82, 2.24) is 4.90 Å². The summed E-state index contributed by atoms with van der Waals surface area (Å²) in [5.41, 5.74) is -0.312. The van der Waals surface area contributed by atoms with Crippen LogP contribution in [0.25, 0.3) is 0 Å². The first kappa shape index (κ1) is 19.3. The molecule has 0 atom stereocenters. The summed E-state index contributed by atoms with van der Waals surface area (Å²) in [4.78, 5) is 37.8. The van der Waals surface area contributed by atoms with Gasteiger partial charge in [-0.05, 0) is 24.4 Å². The molecule has 2 aromatic rings. The predicted molar refractivity (Wildman–Crippen MR) is 98.3 cm³/mol. The van der Waals surface area contributed by atoms with Crippen molar-refractivity contribution in [2.45, 2.75) is 13.5 Å². The molecule has 0 bridgehead atoms. The number of amides is 1. The second kappa shape index (κ2) is 8.91. The van der Waals surface area contributed by atoms with Crippen molar-refractivity contribution in [3.63, 3.8) is 0 Å². The molecule has 0 aliphatic carbocycles. The zero-order valence-electron chi connectivity index (χ0n) is 14.2. The lowest BCUT2D eigenvalue weighted by Crippen LogP contribution is -2.30. The topological polar surface area (TPSA) is 89.8 Å². The number of hydrogen-bond donors (Lipinski definition) is 0. The van der Waals surface area contributed by atoms with Gasteiger partial charge in [-0.2, -0.15) is 0 Å². The maximum Gasteiger partial charge on any atom is 0.338 e. The summed E-state index contributed by atoms with van der Waals surface area (Å²) in [6.45, 7) is 6.03. The Hall–Kier alpha value is -3.00. The molecule has 2 rings (SSSR count). The Balaban J connectivity index is 2.39. The van der Waals surface area contributed by atoms with Crippen LogP contribution in [0.5, 0.6) is 0 Å². The zero-order valence-corrected chi connectivity index (χ0v) is 15.0. The van der Waals surface area contributed by atoms with Crippen LogP contribution in [-0.4, -0.2) is 34.9 Å². The fourth-order valence-corrected chi connectivity index (χ4v) is 3.04. The Morgan fingerprint density at radius 1 is 1.35 bits per heavy atom. The molecular weight excluding hydrogens is 356 g/mol. The number of esters is 1. The van der Waals surface area contributed by atoms with Gasteiger partial charge >= 0.3 is 5.97 Å². The Morgan fingerprint density at radius 3 is 2.65 bits per heavy atom. The third-order valence-electron chi connectivity index (χ3n) is 3.45. The summed E-state index contributed by atoms with van der Waals surface area (Å²) in [5, 5.41) is 13.1. The van der Waals surface area contributed by atoms with Gasteiger partial charge in [-0.25, -0.2) is 4.79 Å². The molecule has 1 heterocycles. The highest BCUT2D eigenvalue weighted by Gasteiger charge is 2.22. The second-order valence-corrected chi connectivity index (χ2v) is 6.33. The van der Waals surface area contributed by atoms with E-state index in [9.17, 15) is 19.7 Å². The van der Waals surface area contributed by atoms with Gasteiger partial charge in [0.25, 0.3) is 11.6 Å². The van der Waals surface area contributed by atoms with Gasteiger partial charge in [-0.15, -0.1) is 17.9 Å². The van der Waals surface area contributed by atoms with Crippen LogP contribution in [0.2, 0.25) is 0 Å². The first-order chi connectivity index (χ1) is 12.5. The van der Waals surface area contributed by atoms with E-state index >= 15 is 0 Å². The Kier molecular flexibility index (Phi) is 6.62. The molecule has 1 aromatic heterocycles. The molecule has 0 saturated carbocycles. The lowest BCUT2D eigenvalue weighted by molar-refractivity contribution is -0.384. The number of nitrogens with zero attached hydrogens (tertiary/aromatic N) is 2. The summed E-state index contributed by atoms with van der Waals surface area (Å²) in [5.74, 6) is -1.13. The molecule has 0 fully saturated rings. The highest BCUT2D eigenvalue weighted by Crippen LogP contribution is 2.21. The van der Waals surface area contributed by atoms with Crippen LogP contribution < -0.4 is 0 Å². The third kappa shape index (κ3) is 4.76. The number of ether oxygens (including phenoxy) is 1. The molecule has 0 N–H and O–H groups in total. The van der Waals surface area contributed by atoms with Gasteiger partial charge in [0, 0.05) is 29.1 Å². The molecule has 8 heteroatoms. The van der Waals surface area contributed by atoms with E-state index < -0.39 is 16.8 Å². The summed E-state index contributed by atoms with van der Waals surface area (Å²) in [7, 11) is 0. The van der Waals surface area contributed by atoms with Crippen LogP contribution in [0, 0.1) is 10.1 Å². The maximum absolute atomic E-state index is 12.9. The van der Waals surface area contributed by atoms with Crippen molar-refractivity contribution < 1.29 is 19.2 Å². The highest BCUT2D eigenvalue weighted by atomic mass is 32.1. The largest absolute Gasteiger partial charge is 0.462 e. The van der Waals surface area contributed by atoms with Crippen molar-refractivity contribution in [2.24, 2.45) is 0 Å². The maximum atomic E-state index is 12.9. The van der Waals surface area contributed by atoms with E-state index in [0.29, 0.717) is 6.54 Å². The van der Waals surface area contributed by atoms with E-state index in [1.54, 1.807) is 13.0 Å². The lowest BCUT2D eigenvalue weighted by atomic mass is 10.1. The van der Waals surface area contributed by atoms with Gasteiger partial charge in [0.15, 0.2) is 0 Å². The molecule has 0 aliphatic rings. The van der Waals surface area contributed by atoms with Gasteiger partial charge in [0.05, 0.1) is 23.6 Å². The lowest BCUT2D eigenvalue weighted by Gasteiger charge is -2.20. The number of rotatable bonds is 8. The molecule has 1 aromatic carbocycles. The number of hydrogen-bond acceptors (Lipinski definition) is 6. The van der Waals surface area contributed by atoms with E-state index in [4.69, 9.17) is 4.74 Å². The quantitative estimate of drug-likeness (QED) is 0.304. The smallest absolute Gasteiger partial charge is 0.338 e. The summed E-state index contributed by atoms with van der Waals surface area (Å²) in [6, 6.07) is 7.35. The Labute approximate surface area is 154 Å². The van der Waals surface area contributed by atoms with Crippen molar-refractivity contribution in [3.8, 4) is 0 Å². The number of nitro groups is 1. The fourth-order valence-electron chi connectivity index (χ4n) is 2.32. The minimum Gasteiger partial charge on any atom is -0.462 e. The van der Waals surface area contributed by atoms with Gasteiger partial charge in [0.1, 0.15) is 0 Å². The monoisotopic (exact) mass is 374 g/mol. The average molecular weight is 374 g/mol. The van der Waals surface area contributed by atoms with Crippen molar-refractivity contribution >= 4 is 28.9 Å². The molecule has 0 saturated heterocycles. The van der Waals surface area contributed by atoms with Crippen LogP contribution in [0.4, 0.5) is 5.69 Å². The summed E-state index contributed by atoms with van der Waals surface area (Å²) >= 11 is 1.50. The molecular formula is C18H18N2O5S. The summed E-state index contributed by atoms with van der Waals surface area (Å²) in [6.07, 6.45) is 1.58. The Morgan fingerprint density at radius 2 is 2.08 bits per heavy atom. The van der Waals surface area contributed by atoms with Crippen LogP contribution >= 0.6 is 11.3 Å². The average Bonchev–Trinajstić information content (AvgIpc) is 3.13. The van der Waals surface area contributed by atoms with Crippen molar-refractivity contribution in [1.29, 1.82) is 0 Å². The minimum absolute atomic E-state index is 0.0286. The highest BCUT2D eigenvalue weighted by molar-refractivity contribution is 7.09. The first-order valence-corrected chi connectivity index (χ1v) is 8.73. The summed E-state index contributed by atoms with van der Waals surface area (Å²) < 4.78 is 4.89. The number of nitro benzene ring substituents is 1. The van der Waals surface area contributed by atoms with E-state index in [0.717, 1.165) is 17.0 Å². The number of benzene rings is 1. The molecule has 0 aliphatic heterocycles. The van der Waals surface area contributed by atoms with Crippen LogP contribution in [-0.2, 0) is 11.3 Å². The molecule has 26 heavy (non-hydrogen) atoms. The van der Waals surface area contributed by atoms with Gasteiger partial charge in [-0.3, -0.25) is 14.9 Å². The van der Waals surface area contributed by atoms with E-state index in [1.165, 1.54) is 22.3 Å². The Bertz CT molecular complexity index is 817. The van der Waals surface area contributed by atoms with Crippen LogP contribution in [0.3, 0.4) is 0 Å². The number of thiophene rings is 1. The van der Waals surface area contributed by atoms with Crippen molar-refractivity contribution in [3.05, 3.63) is 74.5 Å². The van der Waals surface area contributed by atoms with Gasteiger partial charge in [-0.1, -0.05) is 12.1 Å². The van der Waals surface area contributed by atoms with Gasteiger partial charge in [0.2, 0.25) is 0 Å². The zero-order chi connectivity index (χ0) is 19.1. The fraction of sp³-hybridized carbons (Fsp3) is 0.222. The van der Waals surface area contributed by atoms with Crippen molar-refractivity contribution in [2.75, 3.05) is 13.2 Å². The molecule has 7 nitrogen and oxygen atoms in total. The number of carbonyl (C=O) groups is 2. The standard InChI is InChI=1S/C18H18N2O5S/c1-3-7-19(12-16-6-5-8-26-16)17(21)13-9-14(18(22)25-4-2)11-15(10-13)20(23)24/h3,5-6,8-11H,1,4,7,12H2,2H3. The molecule has 1 amide bonds. The van der Waals surface area contributed by atoms with E-state index in [-0.39, 0.29) is 30.0 Å². The van der Waals surface area contributed by atoms with E-state index in [1.807, 2.05) is 17.5 Å². The normalized spacial score (nSPS) is 10.2. The van der Waals surface area contributed by atoms with Crippen LogP contribution in [0.1, 0.15) is 32.5 Å². The molecule has 0 unspecified atom stereocenters. The molecule has 136 valence electrons. The molecule has 0 spiro atoms. The first-order valence-electron chi connectivity index (χ1n) is 7.85. The SMILES string of the molecule is C=CCN(Cc1cccs1)C(=O)c1cc(C(=O)OCC)cc([N+](=O)[O-])c1. The van der Waals surface area contributed by atoms with E-state index in [2.05, 4.69) is 6.58 Å². The number of carbonyl (C=O) groups excluding carboxylic acids is 2. The minimum atomic E-state index is -0.709.